The van der Waals surface area contributed by atoms with Gasteiger partial charge in [-0.15, -0.1) is 5.10 Å². The van der Waals surface area contributed by atoms with E-state index in [0.29, 0.717) is 35.0 Å². The average Bonchev–Trinajstić information content (AvgIpc) is 3.17. The highest BCUT2D eigenvalue weighted by atomic mass is 16.5. The Bertz CT molecular complexity index is 1290. The average molecular weight is 435 g/mol. The number of hydrogen-bond donors (Lipinski definition) is 1. The summed E-state index contributed by atoms with van der Waals surface area (Å²) < 4.78 is 17.8. The largest absolute Gasteiger partial charge is 0.493 e. The lowest BCUT2D eigenvalue weighted by Gasteiger charge is -2.15. The number of aryl methyl sites for hydroxylation is 2. The molecule has 0 radical (unpaired) electrons. The number of nitrogens with one attached hydrogen (secondary N) is 1. The van der Waals surface area contributed by atoms with E-state index in [0.717, 1.165) is 28.0 Å². The number of carbonyl (C=O) groups is 1. The van der Waals surface area contributed by atoms with E-state index in [1.165, 1.54) is 21.3 Å². The highest BCUT2D eigenvalue weighted by Crippen LogP contribution is 2.40. The van der Waals surface area contributed by atoms with Gasteiger partial charge in [0.1, 0.15) is 0 Å². The fraction of sp³-hybridized carbons (Fsp3) is 0.304. The molecular formula is C23H25N5O4. The molecule has 1 aromatic carbocycles. The number of carbonyl (C=O) groups excluding carboxylic acids is 1. The molecule has 1 amide bonds. The molecule has 9 heteroatoms. The molecule has 4 aromatic rings. The van der Waals surface area contributed by atoms with Gasteiger partial charge in [-0.1, -0.05) is 0 Å². The predicted molar refractivity (Wildman–Crippen MR) is 121 cm³/mol. The maximum atomic E-state index is 12.7. The van der Waals surface area contributed by atoms with Gasteiger partial charge in [-0.25, -0.2) is 14.5 Å². The van der Waals surface area contributed by atoms with Gasteiger partial charge in [0.05, 0.1) is 26.7 Å². The van der Waals surface area contributed by atoms with Crippen molar-refractivity contribution in [2.24, 2.45) is 0 Å². The predicted octanol–water partition coefficient (Wildman–Crippen LogP) is 3.49. The summed E-state index contributed by atoms with van der Waals surface area (Å²) in [6.07, 6.45) is 2.52. The lowest BCUT2D eigenvalue weighted by molar-refractivity contribution is -0.116. The van der Waals surface area contributed by atoms with E-state index in [4.69, 9.17) is 19.2 Å². The van der Waals surface area contributed by atoms with E-state index < -0.39 is 0 Å². The Morgan fingerprint density at radius 3 is 2.47 bits per heavy atom. The third kappa shape index (κ3) is 3.77. The van der Waals surface area contributed by atoms with Gasteiger partial charge < -0.3 is 19.5 Å². The molecule has 4 rings (SSSR count). The van der Waals surface area contributed by atoms with E-state index in [1.54, 1.807) is 22.8 Å². The van der Waals surface area contributed by atoms with Crippen LogP contribution < -0.4 is 19.5 Å². The maximum Gasteiger partial charge on any atom is 0.224 e. The van der Waals surface area contributed by atoms with Crippen LogP contribution in [-0.4, -0.2) is 46.8 Å². The minimum Gasteiger partial charge on any atom is -0.493 e. The molecule has 0 unspecified atom stereocenters. The van der Waals surface area contributed by atoms with Crippen LogP contribution in [0.3, 0.4) is 0 Å². The van der Waals surface area contributed by atoms with Crippen molar-refractivity contribution in [1.29, 1.82) is 0 Å². The van der Waals surface area contributed by atoms with Gasteiger partial charge in [-0.05, 0) is 38.0 Å². The molecule has 0 spiro atoms. The molecular weight excluding hydrogens is 410 g/mol. The first-order valence-electron chi connectivity index (χ1n) is 10.2. The summed E-state index contributed by atoms with van der Waals surface area (Å²) in [7, 11) is 4.60. The Morgan fingerprint density at radius 1 is 1.09 bits per heavy atom. The Labute approximate surface area is 185 Å². The number of aromatic nitrogens is 4. The fourth-order valence-corrected chi connectivity index (χ4v) is 3.84. The van der Waals surface area contributed by atoms with E-state index in [2.05, 4.69) is 15.4 Å². The quantitative estimate of drug-likeness (QED) is 0.474. The number of fused-ring (bicyclic) bond motifs is 3. The van der Waals surface area contributed by atoms with E-state index in [-0.39, 0.29) is 12.3 Å². The number of benzene rings is 1. The van der Waals surface area contributed by atoms with Crippen molar-refractivity contribution >= 4 is 28.3 Å². The van der Waals surface area contributed by atoms with Crippen LogP contribution in [0.5, 0.6) is 17.2 Å². The van der Waals surface area contributed by atoms with Gasteiger partial charge in [0.2, 0.25) is 11.7 Å². The third-order valence-electron chi connectivity index (χ3n) is 5.44. The lowest BCUT2D eigenvalue weighted by Crippen LogP contribution is -2.14. The topological polar surface area (TPSA) is 99.9 Å². The summed E-state index contributed by atoms with van der Waals surface area (Å²) in [6.45, 7) is 3.94. The molecule has 3 aromatic heterocycles. The number of pyridine rings is 1. The Kier molecular flexibility index (Phi) is 5.81. The number of methoxy groups -OCH3 is 3. The molecule has 0 fully saturated rings. The Balaban J connectivity index is 1.55. The minimum absolute atomic E-state index is 0.134. The standard InChI is InChI=1S/C23H25N5O4/c1-13-16(14(2)28-23(25-13)17-7-6-10-24-22(17)27-28)8-9-20(29)26-15-11-18(30-3)21(32-5)19(12-15)31-4/h6-7,10-12H,8-9H2,1-5H3,(H,26,29). The molecule has 32 heavy (non-hydrogen) atoms. The van der Waals surface area contributed by atoms with Gasteiger partial charge in [-0.3, -0.25) is 4.79 Å². The smallest absolute Gasteiger partial charge is 0.224 e. The van der Waals surface area contributed by atoms with E-state index >= 15 is 0 Å². The normalized spacial score (nSPS) is 11.0. The molecule has 0 aliphatic carbocycles. The van der Waals surface area contributed by atoms with Crippen LogP contribution in [0, 0.1) is 13.8 Å². The molecule has 9 nitrogen and oxygen atoms in total. The zero-order valence-corrected chi connectivity index (χ0v) is 18.7. The maximum absolute atomic E-state index is 12.7. The van der Waals surface area contributed by atoms with Gasteiger partial charge in [-0.2, -0.15) is 0 Å². The van der Waals surface area contributed by atoms with Crippen molar-refractivity contribution < 1.29 is 19.0 Å². The Morgan fingerprint density at radius 2 is 1.81 bits per heavy atom. The second kappa shape index (κ2) is 8.70. The number of nitrogens with zero attached hydrogens (tertiary/aromatic N) is 4. The van der Waals surface area contributed by atoms with Crippen LogP contribution >= 0.6 is 0 Å². The number of hydrogen-bond acceptors (Lipinski definition) is 7. The first kappa shape index (κ1) is 21.4. The summed E-state index contributed by atoms with van der Waals surface area (Å²) >= 11 is 0. The van der Waals surface area contributed by atoms with Crippen molar-refractivity contribution in [1.82, 2.24) is 19.6 Å². The van der Waals surface area contributed by atoms with Gasteiger partial charge in [0.25, 0.3) is 0 Å². The number of amides is 1. The van der Waals surface area contributed by atoms with Crippen LogP contribution in [0.25, 0.3) is 16.7 Å². The molecule has 0 saturated carbocycles. The molecule has 0 saturated heterocycles. The molecule has 0 aliphatic heterocycles. The molecule has 3 heterocycles. The summed E-state index contributed by atoms with van der Waals surface area (Å²) in [5, 5.41) is 8.38. The second-order valence-electron chi connectivity index (χ2n) is 7.33. The fourth-order valence-electron chi connectivity index (χ4n) is 3.84. The Hall–Kier alpha value is -3.88. The molecule has 1 N–H and O–H groups in total. The molecule has 0 atom stereocenters. The van der Waals surface area contributed by atoms with Crippen molar-refractivity contribution in [2.45, 2.75) is 26.7 Å². The van der Waals surface area contributed by atoms with Crippen LogP contribution in [-0.2, 0) is 11.2 Å². The summed E-state index contributed by atoms with van der Waals surface area (Å²) in [5.41, 5.74) is 4.81. The van der Waals surface area contributed by atoms with E-state index in [9.17, 15) is 4.79 Å². The molecule has 0 bridgehead atoms. The third-order valence-corrected chi connectivity index (χ3v) is 5.44. The first-order valence-corrected chi connectivity index (χ1v) is 10.2. The van der Waals surface area contributed by atoms with Crippen LogP contribution in [0.1, 0.15) is 23.4 Å². The van der Waals surface area contributed by atoms with Gasteiger partial charge in [0, 0.05) is 41.8 Å². The number of rotatable bonds is 7. The lowest BCUT2D eigenvalue weighted by atomic mass is 10.1. The number of anilines is 1. The summed E-state index contributed by atoms with van der Waals surface area (Å²) in [4.78, 5) is 21.7. The SMILES string of the molecule is COc1cc(NC(=O)CCc2c(C)nc3c4cccnc4nn3c2C)cc(OC)c1OC. The van der Waals surface area contributed by atoms with Crippen molar-refractivity contribution in [3.8, 4) is 17.2 Å². The molecule has 166 valence electrons. The summed E-state index contributed by atoms with van der Waals surface area (Å²) in [6, 6.07) is 7.23. The molecule has 0 aliphatic rings. The van der Waals surface area contributed by atoms with Crippen LogP contribution in [0.2, 0.25) is 0 Å². The van der Waals surface area contributed by atoms with E-state index in [1.807, 2.05) is 26.0 Å². The van der Waals surface area contributed by atoms with Crippen molar-refractivity contribution in [2.75, 3.05) is 26.6 Å². The first-order chi connectivity index (χ1) is 15.5. The van der Waals surface area contributed by atoms with Gasteiger partial charge in [0.15, 0.2) is 22.8 Å². The van der Waals surface area contributed by atoms with Gasteiger partial charge >= 0.3 is 0 Å². The number of ether oxygens (including phenoxy) is 3. The minimum atomic E-state index is -0.134. The monoisotopic (exact) mass is 435 g/mol. The van der Waals surface area contributed by atoms with Crippen LogP contribution in [0.4, 0.5) is 5.69 Å². The second-order valence-corrected chi connectivity index (χ2v) is 7.33. The highest BCUT2D eigenvalue weighted by molar-refractivity contribution is 5.92. The van der Waals surface area contributed by atoms with Crippen molar-refractivity contribution in [3.63, 3.8) is 0 Å². The van der Waals surface area contributed by atoms with Crippen LogP contribution in [0.15, 0.2) is 30.5 Å². The zero-order chi connectivity index (χ0) is 22.8. The highest BCUT2D eigenvalue weighted by Gasteiger charge is 2.17. The zero-order valence-electron chi connectivity index (χ0n) is 18.7. The summed E-state index contributed by atoms with van der Waals surface area (Å²) in [5.74, 6) is 1.29. The van der Waals surface area contributed by atoms with Crippen molar-refractivity contribution in [3.05, 3.63) is 47.4 Å².